The number of ether oxygens (including phenoxy) is 1. The van der Waals surface area contributed by atoms with Gasteiger partial charge in [0.25, 0.3) is 0 Å². The lowest BCUT2D eigenvalue weighted by Crippen LogP contribution is -2.44. The minimum absolute atomic E-state index is 0.576. The smallest absolute Gasteiger partial charge is 0.208 e. The molecule has 100 valence electrons. The quantitative estimate of drug-likeness (QED) is 0.251. The minimum Gasteiger partial charge on any atom is -0.383 e. The maximum Gasteiger partial charge on any atom is 0.208 e. The van der Waals surface area contributed by atoms with E-state index in [2.05, 4.69) is 15.4 Å². The zero-order valence-corrected chi connectivity index (χ0v) is 11.0. The molecule has 0 aliphatic carbocycles. The van der Waals surface area contributed by atoms with Crippen molar-refractivity contribution in [2.75, 3.05) is 26.8 Å². The Labute approximate surface area is 108 Å². The van der Waals surface area contributed by atoms with Crippen LogP contribution in [0.15, 0.2) is 29.4 Å². The van der Waals surface area contributed by atoms with Gasteiger partial charge in [0.1, 0.15) is 0 Å². The maximum atomic E-state index is 5.50. The number of nitrogens with zero attached hydrogens (tertiary/aromatic N) is 3. The van der Waals surface area contributed by atoms with E-state index in [0.717, 1.165) is 12.2 Å². The molecule has 6 heteroatoms. The van der Waals surface area contributed by atoms with Crippen molar-refractivity contribution in [3.63, 3.8) is 0 Å². The summed E-state index contributed by atoms with van der Waals surface area (Å²) in [6, 6.07) is 5.84. The lowest BCUT2D eigenvalue weighted by atomic mass is 10.3. The number of hydrogen-bond acceptors (Lipinski definition) is 4. The summed E-state index contributed by atoms with van der Waals surface area (Å²) in [5.41, 5.74) is 3.61. The van der Waals surface area contributed by atoms with E-state index in [1.165, 1.54) is 0 Å². The van der Waals surface area contributed by atoms with Crippen LogP contribution < -0.4 is 11.3 Å². The van der Waals surface area contributed by atoms with E-state index < -0.39 is 0 Å². The van der Waals surface area contributed by atoms with Crippen LogP contribution in [0.2, 0.25) is 0 Å². The van der Waals surface area contributed by atoms with Gasteiger partial charge in [0.2, 0.25) is 5.96 Å². The van der Waals surface area contributed by atoms with E-state index in [1.807, 2.05) is 30.0 Å². The van der Waals surface area contributed by atoms with Crippen LogP contribution in [-0.2, 0) is 11.3 Å². The molecule has 0 aliphatic rings. The van der Waals surface area contributed by atoms with Gasteiger partial charge in [-0.05, 0) is 19.1 Å². The molecule has 0 bridgehead atoms. The molecule has 6 nitrogen and oxygen atoms in total. The summed E-state index contributed by atoms with van der Waals surface area (Å²) in [5.74, 6) is 6.15. The number of hydrazine groups is 1. The molecule has 0 unspecified atom stereocenters. The highest BCUT2D eigenvalue weighted by atomic mass is 16.5. The van der Waals surface area contributed by atoms with Crippen LogP contribution in [0.1, 0.15) is 12.6 Å². The van der Waals surface area contributed by atoms with Gasteiger partial charge in [-0.2, -0.15) is 0 Å². The molecule has 1 aromatic heterocycles. The summed E-state index contributed by atoms with van der Waals surface area (Å²) in [4.78, 5) is 10.7. The summed E-state index contributed by atoms with van der Waals surface area (Å²) >= 11 is 0. The number of hydrogen-bond donors (Lipinski definition) is 2. The molecule has 18 heavy (non-hydrogen) atoms. The average molecular weight is 251 g/mol. The van der Waals surface area contributed by atoms with E-state index in [1.54, 1.807) is 13.3 Å². The van der Waals surface area contributed by atoms with Crippen LogP contribution in [0.3, 0.4) is 0 Å². The van der Waals surface area contributed by atoms with E-state index in [4.69, 9.17) is 10.6 Å². The number of guanidine groups is 1. The number of nitrogens with two attached hydrogens (primary N) is 1. The van der Waals surface area contributed by atoms with E-state index in [-0.39, 0.29) is 0 Å². The van der Waals surface area contributed by atoms with E-state index in [9.17, 15) is 0 Å². The van der Waals surface area contributed by atoms with Crippen molar-refractivity contribution >= 4 is 5.96 Å². The molecule has 0 radical (unpaired) electrons. The van der Waals surface area contributed by atoms with Gasteiger partial charge in [-0.3, -0.25) is 10.4 Å². The van der Waals surface area contributed by atoms with Crippen molar-refractivity contribution in [3.05, 3.63) is 30.1 Å². The number of aromatic nitrogens is 1. The number of nitrogens with one attached hydrogen (secondary N) is 1. The maximum absolute atomic E-state index is 5.50. The Morgan fingerprint density at radius 1 is 1.56 bits per heavy atom. The zero-order chi connectivity index (χ0) is 13.2. The Bertz CT molecular complexity index is 355. The highest BCUT2D eigenvalue weighted by Gasteiger charge is 2.09. The fourth-order valence-corrected chi connectivity index (χ4v) is 1.50. The summed E-state index contributed by atoms with van der Waals surface area (Å²) in [6.45, 7) is 4.67. The molecule has 0 saturated heterocycles. The zero-order valence-electron chi connectivity index (χ0n) is 11.0. The van der Waals surface area contributed by atoms with Gasteiger partial charge >= 0.3 is 0 Å². The topological polar surface area (TPSA) is 75.8 Å². The molecule has 0 aliphatic heterocycles. The molecule has 0 aromatic carbocycles. The van der Waals surface area contributed by atoms with Crippen molar-refractivity contribution in [1.82, 2.24) is 15.3 Å². The first kappa shape index (κ1) is 14.4. The highest BCUT2D eigenvalue weighted by molar-refractivity contribution is 5.79. The summed E-state index contributed by atoms with van der Waals surface area (Å²) in [6.07, 6.45) is 1.78. The first-order valence-corrected chi connectivity index (χ1v) is 5.96. The standard InChI is InChI=1S/C12H21N5O/c1-3-17(10-11-6-4-5-7-14-11)12(16-13)15-8-9-18-2/h4-7H,3,8-10,13H2,1-2H3,(H,15,16). The Balaban J connectivity index is 2.65. The first-order valence-electron chi connectivity index (χ1n) is 5.96. The first-order chi connectivity index (χ1) is 8.81. The van der Waals surface area contributed by atoms with Gasteiger partial charge in [-0.1, -0.05) is 6.07 Å². The van der Waals surface area contributed by atoms with Gasteiger partial charge in [-0.25, -0.2) is 10.8 Å². The SMILES string of the molecule is CCN(Cc1ccccn1)C(=NCCOC)NN. The fourth-order valence-electron chi connectivity index (χ4n) is 1.50. The molecule has 1 rings (SSSR count). The minimum atomic E-state index is 0.576. The lowest BCUT2D eigenvalue weighted by Gasteiger charge is -2.23. The molecule has 0 fully saturated rings. The predicted molar refractivity (Wildman–Crippen MR) is 71.8 cm³/mol. The van der Waals surface area contributed by atoms with Crippen LogP contribution >= 0.6 is 0 Å². The normalized spacial score (nSPS) is 11.4. The Hall–Kier alpha value is -1.66. The second-order valence-corrected chi connectivity index (χ2v) is 3.68. The molecule has 0 saturated carbocycles. The number of rotatable bonds is 6. The van der Waals surface area contributed by atoms with Gasteiger partial charge in [0, 0.05) is 19.9 Å². The third-order valence-electron chi connectivity index (χ3n) is 2.45. The number of aliphatic imine (C=N–C) groups is 1. The highest BCUT2D eigenvalue weighted by Crippen LogP contribution is 2.01. The Morgan fingerprint density at radius 3 is 2.94 bits per heavy atom. The summed E-state index contributed by atoms with van der Waals surface area (Å²) in [7, 11) is 1.65. The van der Waals surface area contributed by atoms with Crippen molar-refractivity contribution in [3.8, 4) is 0 Å². The van der Waals surface area contributed by atoms with Gasteiger partial charge in [0.15, 0.2) is 0 Å². The van der Waals surface area contributed by atoms with E-state index >= 15 is 0 Å². The molecule has 3 N–H and O–H groups in total. The van der Waals surface area contributed by atoms with Crippen molar-refractivity contribution in [2.24, 2.45) is 10.8 Å². The average Bonchev–Trinajstić information content (AvgIpc) is 2.43. The van der Waals surface area contributed by atoms with Crippen LogP contribution in [0.25, 0.3) is 0 Å². The number of pyridine rings is 1. The second kappa shape index (κ2) is 8.43. The third kappa shape index (κ3) is 4.68. The van der Waals surface area contributed by atoms with E-state index in [0.29, 0.717) is 25.7 Å². The van der Waals surface area contributed by atoms with Gasteiger partial charge in [0.05, 0.1) is 25.4 Å². The largest absolute Gasteiger partial charge is 0.383 e. The van der Waals surface area contributed by atoms with Crippen LogP contribution in [-0.4, -0.2) is 42.6 Å². The van der Waals surface area contributed by atoms with Crippen molar-refractivity contribution in [2.45, 2.75) is 13.5 Å². The molecule has 0 amide bonds. The van der Waals surface area contributed by atoms with Crippen molar-refractivity contribution < 1.29 is 4.74 Å². The fraction of sp³-hybridized carbons (Fsp3) is 0.500. The molecular formula is C12H21N5O. The molecule has 1 aromatic rings. The third-order valence-corrected chi connectivity index (χ3v) is 2.45. The summed E-state index contributed by atoms with van der Waals surface area (Å²) < 4.78 is 4.96. The monoisotopic (exact) mass is 251 g/mol. The molecule has 1 heterocycles. The Kier molecular flexibility index (Phi) is 6.75. The van der Waals surface area contributed by atoms with Crippen LogP contribution in [0.4, 0.5) is 0 Å². The molecule has 0 atom stereocenters. The second-order valence-electron chi connectivity index (χ2n) is 3.68. The van der Waals surface area contributed by atoms with Crippen LogP contribution in [0.5, 0.6) is 0 Å². The molecular weight excluding hydrogens is 230 g/mol. The number of methoxy groups -OCH3 is 1. The van der Waals surface area contributed by atoms with Gasteiger partial charge < -0.3 is 9.64 Å². The lowest BCUT2D eigenvalue weighted by molar-refractivity contribution is 0.207. The molecule has 0 spiro atoms. The van der Waals surface area contributed by atoms with Gasteiger partial charge in [-0.15, -0.1) is 0 Å². The van der Waals surface area contributed by atoms with Crippen LogP contribution in [0, 0.1) is 0 Å². The predicted octanol–water partition coefficient (Wildman–Crippen LogP) is 0.369. The Morgan fingerprint density at radius 2 is 2.39 bits per heavy atom. The van der Waals surface area contributed by atoms with Crippen molar-refractivity contribution in [1.29, 1.82) is 0 Å². The summed E-state index contributed by atoms with van der Waals surface area (Å²) in [5, 5.41) is 0.